The van der Waals surface area contributed by atoms with Gasteiger partial charge in [-0.25, -0.2) is 8.42 Å². The van der Waals surface area contributed by atoms with Gasteiger partial charge in [0.05, 0.1) is 4.90 Å². The van der Waals surface area contributed by atoms with Crippen LogP contribution in [0.3, 0.4) is 0 Å². The van der Waals surface area contributed by atoms with Gasteiger partial charge in [0.1, 0.15) is 0 Å². The molecule has 4 heteroatoms. The van der Waals surface area contributed by atoms with Gasteiger partial charge in [-0.1, -0.05) is 18.7 Å². The smallest absolute Gasteiger partial charge is 0.175 e. The average molecular weight is 231 g/mol. The van der Waals surface area contributed by atoms with Crippen molar-refractivity contribution in [3.8, 4) is 0 Å². The molecular formula is C10H11ClO2S. The minimum Gasteiger partial charge on any atom is -0.224 e. The monoisotopic (exact) mass is 230 g/mol. The van der Waals surface area contributed by atoms with Crippen LogP contribution in [0.1, 0.15) is 5.56 Å². The molecule has 14 heavy (non-hydrogen) atoms. The number of rotatable bonds is 3. The third-order valence-corrected chi connectivity index (χ3v) is 3.30. The van der Waals surface area contributed by atoms with Crippen molar-refractivity contribution in [1.29, 1.82) is 0 Å². The molecule has 0 atom stereocenters. The molecule has 0 aromatic heterocycles. The highest BCUT2D eigenvalue weighted by Gasteiger charge is 2.06. The van der Waals surface area contributed by atoms with Crippen LogP contribution in [0, 0.1) is 0 Å². The van der Waals surface area contributed by atoms with Gasteiger partial charge in [-0.3, -0.25) is 0 Å². The molecule has 2 nitrogen and oxygen atoms in total. The number of hydrogen-bond acceptors (Lipinski definition) is 2. The van der Waals surface area contributed by atoms with Gasteiger partial charge in [-0.05, 0) is 23.3 Å². The van der Waals surface area contributed by atoms with E-state index >= 15 is 0 Å². The van der Waals surface area contributed by atoms with Crippen molar-refractivity contribution in [3.05, 3.63) is 36.4 Å². The molecule has 0 aliphatic carbocycles. The molecule has 0 fully saturated rings. The van der Waals surface area contributed by atoms with Crippen LogP contribution in [-0.2, 0) is 9.84 Å². The van der Waals surface area contributed by atoms with Crippen LogP contribution < -0.4 is 0 Å². The van der Waals surface area contributed by atoms with Gasteiger partial charge in [-0.15, -0.1) is 11.6 Å². The molecule has 0 bridgehead atoms. The van der Waals surface area contributed by atoms with E-state index in [1.165, 1.54) is 6.26 Å². The summed E-state index contributed by atoms with van der Waals surface area (Å²) in [6.07, 6.45) is 1.18. The summed E-state index contributed by atoms with van der Waals surface area (Å²) in [5.74, 6) is 0.345. The van der Waals surface area contributed by atoms with Crippen LogP contribution in [-0.4, -0.2) is 20.6 Å². The Morgan fingerprint density at radius 3 is 2.21 bits per heavy atom. The molecule has 0 aliphatic heterocycles. The van der Waals surface area contributed by atoms with Crippen molar-refractivity contribution >= 4 is 27.0 Å². The molecule has 0 heterocycles. The molecule has 0 saturated heterocycles. The highest BCUT2D eigenvalue weighted by molar-refractivity contribution is 7.90. The summed E-state index contributed by atoms with van der Waals surface area (Å²) in [7, 11) is -3.11. The second-order valence-corrected chi connectivity index (χ2v) is 5.32. The lowest BCUT2D eigenvalue weighted by molar-refractivity contribution is 0.602. The minimum absolute atomic E-state index is 0.309. The van der Waals surface area contributed by atoms with Crippen molar-refractivity contribution in [2.24, 2.45) is 0 Å². The summed E-state index contributed by atoms with van der Waals surface area (Å²) < 4.78 is 22.3. The lowest BCUT2D eigenvalue weighted by atomic mass is 10.1. The molecule has 0 aliphatic rings. The first kappa shape index (κ1) is 11.3. The van der Waals surface area contributed by atoms with E-state index in [2.05, 4.69) is 6.58 Å². The Kier molecular flexibility index (Phi) is 3.34. The highest BCUT2D eigenvalue weighted by Crippen LogP contribution is 2.16. The van der Waals surface area contributed by atoms with E-state index in [1.807, 2.05) is 0 Å². The van der Waals surface area contributed by atoms with Gasteiger partial charge in [0.2, 0.25) is 0 Å². The molecule has 1 aromatic carbocycles. The largest absolute Gasteiger partial charge is 0.224 e. The topological polar surface area (TPSA) is 34.1 Å². The summed E-state index contributed by atoms with van der Waals surface area (Å²) in [6.45, 7) is 3.75. The van der Waals surface area contributed by atoms with E-state index in [0.29, 0.717) is 10.8 Å². The second kappa shape index (κ2) is 4.15. The van der Waals surface area contributed by atoms with Gasteiger partial charge in [0, 0.05) is 12.1 Å². The number of hydrogen-bond donors (Lipinski definition) is 0. The lowest BCUT2D eigenvalue weighted by Gasteiger charge is -2.02. The van der Waals surface area contributed by atoms with Crippen LogP contribution in [0.25, 0.3) is 5.57 Å². The van der Waals surface area contributed by atoms with Crippen LogP contribution >= 0.6 is 11.6 Å². The summed E-state index contributed by atoms with van der Waals surface area (Å²) in [5, 5.41) is 0. The van der Waals surface area contributed by atoms with Gasteiger partial charge in [-0.2, -0.15) is 0 Å². The zero-order valence-electron chi connectivity index (χ0n) is 7.83. The van der Waals surface area contributed by atoms with E-state index in [4.69, 9.17) is 11.6 Å². The highest BCUT2D eigenvalue weighted by atomic mass is 35.5. The van der Waals surface area contributed by atoms with Gasteiger partial charge in [0.25, 0.3) is 0 Å². The number of sulfone groups is 1. The summed E-state index contributed by atoms with van der Waals surface area (Å²) >= 11 is 5.60. The molecule has 76 valence electrons. The first-order valence-corrected chi connectivity index (χ1v) is 6.42. The standard InChI is InChI=1S/C10H11ClO2S/c1-8(7-11)9-3-5-10(6-4-9)14(2,12)13/h3-6H,1,7H2,2H3. The van der Waals surface area contributed by atoms with E-state index in [1.54, 1.807) is 24.3 Å². The summed E-state index contributed by atoms with van der Waals surface area (Å²) in [4.78, 5) is 0.309. The van der Waals surface area contributed by atoms with E-state index in [0.717, 1.165) is 11.1 Å². The fraction of sp³-hybridized carbons (Fsp3) is 0.200. The first-order valence-electron chi connectivity index (χ1n) is 3.99. The van der Waals surface area contributed by atoms with Crippen molar-refractivity contribution in [2.75, 3.05) is 12.1 Å². The van der Waals surface area contributed by atoms with Gasteiger partial charge >= 0.3 is 0 Å². The molecule has 0 saturated carbocycles. The number of halogens is 1. The first-order chi connectivity index (χ1) is 6.45. The van der Waals surface area contributed by atoms with Crippen molar-refractivity contribution in [1.82, 2.24) is 0 Å². The van der Waals surface area contributed by atoms with Crippen LogP contribution in [0.15, 0.2) is 35.7 Å². The van der Waals surface area contributed by atoms with E-state index in [9.17, 15) is 8.42 Å². The molecule has 1 rings (SSSR count). The quantitative estimate of drug-likeness (QED) is 0.747. The predicted octanol–water partition coefficient (Wildman–Crippen LogP) is 2.34. The van der Waals surface area contributed by atoms with E-state index < -0.39 is 9.84 Å². The Bertz CT molecular complexity index is 432. The SMILES string of the molecule is C=C(CCl)c1ccc(S(C)(=O)=O)cc1. The van der Waals surface area contributed by atoms with Gasteiger partial charge < -0.3 is 0 Å². The molecule has 0 unspecified atom stereocenters. The molecular weight excluding hydrogens is 220 g/mol. The fourth-order valence-electron chi connectivity index (χ4n) is 1.01. The third-order valence-electron chi connectivity index (χ3n) is 1.85. The maximum Gasteiger partial charge on any atom is 0.175 e. The Balaban J connectivity index is 3.07. The van der Waals surface area contributed by atoms with Crippen LogP contribution in [0.4, 0.5) is 0 Å². The van der Waals surface area contributed by atoms with E-state index in [-0.39, 0.29) is 0 Å². The van der Waals surface area contributed by atoms with Crippen molar-refractivity contribution in [3.63, 3.8) is 0 Å². The van der Waals surface area contributed by atoms with Crippen molar-refractivity contribution in [2.45, 2.75) is 4.90 Å². The zero-order valence-corrected chi connectivity index (χ0v) is 9.40. The molecule has 1 aromatic rings. The van der Waals surface area contributed by atoms with Crippen LogP contribution in [0.2, 0.25) is 0 Å². The number of alkyl halides is 1. The predicted molar refractivity (Wildman–Crippen MR) is 59.3 cm³/mol. The molecule has 0 amide bonds. The fourth-order valence-corrected chi connectivity index (χ4v) is 1.80. The molecule has 0 N–H and O–H groups in total. The lowest BCUT2D eigenvalue weighted by Crippen LogP contribution is -1.96. The number of benzene rings is 1. The Labute approximate surface area is 89.1 Å². The Morgan fingerprint density at radius 2 is 1.86 bits per heavy atom. The van der Waals surface area contributed by atoms with Gasteiger partial charge in [0.15, 0.2) is 9.84 Å². The Morgan fingerprint density at radius 1 is 1.36 bits per heavy atom. The minimum atomic E-state index is -3.11. The molecule has 0 radical (unpaired) electrons. The Hall–Kier alpha value is -0.800. The maximum atomic E-state index is 11.1. The third kappa shape index (κ3) is 2.59. The summed E-state index contributed by atoms with van der Waals surface area (Å²) in [5.41, 5.74) is 1.65. The average Bonchev–Trinajstić information content (AvgIpc) is 2.15. The number of allylic oxidation sites excluding steroid dienone is 1. The summed E-state index contributed by atoms with van der Waals surface area (Å²) in [6, 6.07) is 6.53. The maximum absolute atomic E-state index is 11.1. The zero-order chi connectivity index (χ0) is 10.8. The normalized spacial score (nSPS) is 11.3. The molecule has 0 spiro atoms. The van der Waals surface area contributed by atoms with Crippen molar-refractivity contribution < 1.29 is 8.42 Å². The van der Waals surface area contributed by atoms with Crippen LogP contribution in [0.5, 0.6) is 0 Å². The second-order valence-electron chi connectivity index (χ2n) is 3.03.